The van der Waals surface area contributed by atoms with Crippen LogP contribution < -0.4 is 14.4 Å². The molecule has 3 aromatic carbocycles. The topological polar surface area (TPSA) is 96.0 Å². The molecule has 1 N–H and O–H groups in total. The SMILES string of the molecule is COc1ccc(N(CCCC(=O)N(Cc2cccc(Cl)c2)C(Cc2ccccc2)C(=O)NC2CCCC2)S(C)(=O)=O)cc1. The number of ether oxygens (including phenoxy) is 1. The number of halogens is 1. The van der Waals surface area contributed by atoms with E-state index in [1.165, 1.54) is 4.31 Å². The first-order chi connectivity index (χ1) is 20.6. The van der Waals surface area contributed by atoms with Crippen LogP contribution in [0.15, 0.2) is 78.9 Å². The maximum atomic E-state index is 14.0. The van der Waals surface area contributed by atoms with Crippen molar-refractivity contribution < 1.29 is 22.7 Å². The summed E-state index contributed by atoms with van der Waals surface area (Å²) >= 11 is 6.28. The Balaban J connectivity index is 1.57. The Morgan fingerprint density at radius 1 is 0.977 bits per heavy atom. The molecule has 230 valence electrons. The Morgan fingerprint density at radius 2 is 1.65 bits per heavy atom. The van der Waals surface area contributed by atoms with Crippen LogP contribution in [-0.4, -0.2) is 57.1 Å². The zero-order valence-electron chi connectivity index (χ0n) is 24.7. The minimum absolute atomic E-state index is 0.0603. The molecule has 1 aliphatic rings. The second kappa shape index (κ2) is 15.3. The van der Waals surface area contributed by atoms with Crippen LogP contribution in [0, 0.1) is 0 Å². The first-order valence-corrected chi connectivity index (χ1v) is 16.9. The van der Waals surface area contributed by atoms with E-state index in [4.69, 9.17) is 16.3 Å². The summed E-state index contributed by atoms with van der Waals surface area (Å²) in [6, 6.07) is 23.0. The number of rotatable bonds is 14. The Hall–Kier alpha value is -3.56. The number of benzene rings is 3. The number of hydrogen-bond acceptors (Lipinski definition) is 5. The van der Waals surface area contributed by atoms with Crippen molar-refractivity contribution in [2.24, 2.45) is 0 Å². The fourth-order valence-electron chi connectivity index (χ4n) is 5.51. The van der Waals surface area contributed by atoms with E-state index in [1.807, 2.05) is 42.5 Å². The number of carbonyl (C=O) groups excluding carboxylic acids is 2. The molecule has 0 bridgehead atoms. The van der Waals surface area contributed by atoms with E-state index >= 15 is 0 Å². The number of nitrogens with one attached hydrogen (secondary N) is 1. The van der Waals surface area contributed by atoms with E-state index in [-0.39, 0.29) is 43.8 Å². The van der Waals surface area contributed by atoms with Gasteiger partial charge >= 0.3 is 0 Å². The molecule has 1 atom stereocenters. The van der Waals surface area contributed by atoms with Crippen molar-refractivity contribution in [1.29, 1.82) is 0 Å². The van der Waals surface area contributed by atoms with Crippen molar-refractivity contribution in [3.8, 4) is 5.75 Å². The molecule has 0 spiro atoms. The Labute approximate surface area is 260 Å². The number of sulfonamides is 1. The maximum Gasteiger partial charge on any atom is 0.243 e. The van der Waals surface area contributed by atoms with Gasteiger partial charge in [0.1, 0.15) is 11.8 Å². The normalized spacial score (nSPS) is 14.2. The third kappa shape index (κ3) is 9.46. The first kappa shape index (κ1) is 32.4. The minimum Gasteiger partial charge on any atom is -0.497 e. The van der Waals surface area contributed by atoms with Gasteiger partial charge in [-0.1, -0.05) is 66.9 Å². The fraction of sp³-hybridized carbons (Fsp3) is 0.394. The molecule has 0 radical (unpaired) electrons. The van der Waals surface area contributed by atoms with Crippen LogP contribution in [0.25, 0.3) is 0 Å². The van der Waals surface area contributed by atoms with Gasteiger partial charge < -0.3 is 15.0 Å². The summed E-state index contributed by atoms with van der Waals surface area (Å²) in [6.07, 6.45) is 5.84. The molecule has 3 aromatic rings. The molecule has 2 amide bonds. The van der Waals surface area contributed by atoms with Crippen molar-refractivity contribution >= 4 is 39.1 Å². The molecule has 4 rings (SSSR count). The van der Waals surface area contributed by atoms with Gasteiger partial charge in [0, 0.05) is 37.0 Å². The predicted molar refractivity (Wildman–Crippen MR) is 171 cm³/mol. The number of methoxy groups -OCH3 is 1. The van der Waals surface area contributed by atoms with E-state index in [0.717, 1.165) is 43.1 Å². The van der Waals surface area contributed by atoms with E-state index in [9.17, 15) is 18.0 Å². The molecular formula is C33H40ClN3O5S. The van der Waals surface area contributed by atoms with Gasteiger partial charge in [-0.15, -0.1) is 0 Å². The van der Waals surface area contributed by atoms with Crippen molar-refractivity contribution in [3.05, 3.63) is 95.0 Å². The summed E-state index contributed by atoms with van der Waals surface area (Å²) in [5, 5.41) is 3.74. The average Bonchev–Trinajstić information content (AvgIpc) is 3.50. The lowest BCUT2D eigenvalue weighted by atomic mass is 10.0. The van der Waals surface area contributed by atoms with Gasteiger partial charge in [-0.05, 0) is 66.8 Å². The van der Waals surface area contributed by atoms with Crippen LogP contribution in [0.4, 0.5) is 5.69 Å². The zero-order chi connectivity index (χ0) is 30.8. The van der Waals surface area contributed by atoms with Gasteiger partial charge in [0.2, 0.25) is 21.8 Å². The smallest absolute Gasteiger partial charge is 0.243 e. The lowest BCUT2D eigenvalue weighted by molar-refractivity contribution is -0.141. The summed E-state index contributed by atoms with van der Waals surface area (Å²) in [7, 11) is -2.06. The molecule has 1 fully saturated rings. The minimum atomic E-state index is -3.60. The molecule has 8 nitrogen and oxygen atoms in total. The molecule has 0 aromatic heterocycles. The number of nitrogens with zero attached hydrogens (tertiary/aromatic N) is 2. The van der Waals surface area contributed by atoms with E-state index in [2.05, 4.69) is 5.32 Å². The van der Waals surface area contributed by atoms with Crippen LogP contribution in [0.2, 0.25) is 5.02 Å². The van der Waals surface area contributed by atoms with Gasteiger partial charge in [-0.3, -0.25) is 13.9 Å². The third-order valence-corrected chi connectivity index (χ3v) is 9.16. The van der Waals surface area contributed by atoms with Gasteiger partial charge in [0.15, 0.2) is 0 Å². The number of hydrogen-bond donors (Lipinski definition) is 1. The third-order valence-electron chi connectivity index (χ3n) is 7.73. The maximum absolute atomic E-state index is 14.0. The van der Waals surface area contributed by atoms with Crippen molar-refractivity contribution in [2.45, 2.75) is 63.6 Å². The molecular weight excluding hydrogens is 586 g/mol. The highest BCUT2D eigenvalue weighted by Crippen LogP contribution is 2.24. The number of anilines is 1. The van der Waals surface area contributed by atoms with E-state index in [1.54, 1.807) is 48.4 Å². The first-order valence-electron chi connectivity index (χ1n) is 14.6. The Morgan fingerprint density at radius 3 is 2.28 bits per heavy atom. The average molecular weight is 626 g/mol. The van der Waals surface area contributed by atoms with Crippen LogP contribution in [0.3, 0.4) is 0 Å². The highest BCUT2D eigenvalue weighted by atomic mass is 35.5. The highest BCUT2D eigenvalue weighted by Gasteiger charge is 2.32. The van der Waals surface area contributed by atoms with Crippen LogP contribution in [-0.2, 0) is 32.6 Å². The number of carbonyl (C=O) groups is 2. The van der Waals surface area contributed by atoms with Crippen molar-refractivity contribution in [1.82, 2.24) is 10.2 Å². The Kier molecular flexibility index (Phi) is 11.5. The molecule has 1 saturated carbocycles. The highest BCUT2D eigenvalue weighted by molar-refractivity contribution is 7.92. The standard InChI is InChI=1S/C33H40ClN3O5S/c1-42-30-19-17-29(18-20-30)37(43(2,40)41)21-9-16-32(38)36(24-26-12-8-13-27(34)22-26)31(23-25-10-4-3-5-11-25)33(39)35-28-14-6-7-15-28/h3-5,8,10-13,17-20,22,28,31H,6-7,9,14-16,21,23-24H2,1-2H3,(H,35,39). The molecule has 1 aliphatic carbocycles. The monoisotopic (exact) mass is 625 g/mol. The van der Waals surface area contributed by atoms with Crippen molar-refractivity contribution in [2.75, 3.05) is 24.2 Å². The molecule has 1 unspecified atom stereocenters. The van der Waals surface area contributed by atoms with Crippen LogP contribution in [0.1, 0.15) is 49.7 Å². The van der Waals surface area contributed by atoms with Crippen LogP contribution >= 0.6 is 11.6 Å². The molecule has 0 aliphatic heterocycles. The van der Waals surface area contributed by atoms with E-state index < -0.39 is 16.1 Å². The van der Waals surface area contributed by atoms with Gasteiger partial charge in [0.05, 0.1) is 19.1 Å². The summed E-state index contributed by atoms with van der Waals surface area (Å²) in [5.74, 6) is 0.206. The lowest BCUT2D eigenvalue weighted by Gasteiger charge is -2.33. The lowest BCUT2D eigenvalue weighted by Crippen LogP contribution is -2.52. The quantitative estimate of drug-likeness (QED) is 0.252. The van der Waals surface area contributed by atoms with Crippen molar-refractivity contribution in [3.63, 3.8) is 0 Å². The van der Waals surface area contributed by atoms with E-state index in [0.29, 0.717) is 22.9 Å². The molecule has 0 heterocycles. The zero-order valence-corrected chi connectivity index (χ0v) is 26.3. The molecule has 0 saturated heterocycles. The van der Waals surface area contributed by atoms with Gasteiger partial charge in [0.25, 0.3) is 0 Å². The largest absolute Gasteiger partial charge is 0.497 e. The summed E-state index contributed by atoms with van der Waals surface area (Å²) in [6.45, 7) is 0.308. The molecule has 10 heteroatoms. The molecule has 43 heavy (non-hydrogen) atoms. The van der Waals surface area contributed by atoms with Crippen LogP contribution in [0.5, 0.6) is 5.75 Å². The fourth-order valence-corrected chi connectivity index (χ4v) is 6.68. The second-order valence-electron chi connectivity index (χ2n) is 11.0. The Bertz CT molecular complexity index is 1460. The second-order valence-corrected chi connectivity index (χ2v) is 13.3. The summed E-state index contributed by atoms with van der Waals surface area (Å²) in [5.41, 5.74) is 2.24. The summed E-state index contributed by atoms with van der Waals surface area (Å²) in [4.78, 5) is 29.4. The van der Waals surface area contributed by atoms with Gasteiger partial charge in [-0.2, -0.15) is 0 Å². The predicted octanol–water partition coefficient (Wildman–Crippen LogP) is 5.59. The number of amides is 2. The van der Waals surface area contributed by atoms with Gasteiger partial charge in [-0.25, -0.2) is 8.42 Å². The summed E-state index contributed by atoms with van der Waals surface area (Å²) < 4.78 is 31.8.